The van der Waals surface area contributed by atoms with E-state index in [0.29, 0.717) is 17.6 Å². The Morgan fingerprint density at radius 2 is 0.935 bits per heavy atom. The van der Waals surface area contributed by atoms with E-state index in [9.17, 15) is 0 Å². The molecule has 3 aromatic heterocycles. The summed E-state index contributed by atoms with van der Waals surface area (Å²) in [6, 6.07) is 63.5. The summed E-state index contributed by atoms with van der Waals surface area (Å²) in [4.78, 5) is 15.7. The second-order valence-electron chi connectivity index (χ2n) is 18.4. The van der Waals surface area contributed by atoms with Crippen LogP contribution in [0.25, 0.3) is 99.9 Å². The van der Waals surface area contributed by atoms with Gasteiger partial charge in [0.1, 0.15) is 0 Å². The lowest BCUT2D eigenvalue weighted by molar-refractivity contribution is 0.332. The molecule has 0 saturated carbocycles. The molecule has 1 aliphatic rings. The van der Waals surface area contributed by atoms with E-state index >= 15 is 0 Å². The van der Waals surface area contributed by atoms with Gasteiger partial charge in [-0.1, -0.05) is 161 Å². The van der Waals surface area contributed by atoms with Crippen molar-refractivity contribution in [3.63, 3.8) is 0 Å². The molecule has 62 heavy (non-hydrogen) atoms. The lowest BCUT2D eigenvalue weighted by Gasteiger charge is -2.42. The Bertz CT molecular complexity index is 3570. The SMILES string of the molecule is CC1(C)CCC(C)(C)c2cc(-c3ccc(-n4c5ccccc5c5cc6c7ccccc7n(-c7nc(-c8ccccc8)nc(-c8ccc9ccccc9c8)n7)c6cc54)cc3)ccc21. The Hall–Kier alpha value is -7.37. The first kappa shape index (κ1) is 36.5. The summed E-state index contributed by atoms with van der Waals surface area (Å²) in [5, 5.41) is 7.04. The third-order valence-corrected chi connectivity index (χ3v) is 13.6. The van der Waals surface area contributed by atoms with Crippen molar-refractivity contribution < 1.29 is 0 Å². The molecule has 1 aliphatic carbocycles. The zero-order valence-corrected chi connectivity index (χ0v) is 35.4. The number of fused-ring (bicyclic) bond motifs is 8. The van der Waals surface area contributed by atoms with Crippen molar-refractivity contribution in [2.75, 3.05) is 0 Å². The van der Waals surface area contributed by atoms with Gasteiger partial charge in [-0.25, -0.2) is 4.98 Å². The van der Waals surface area contributed by atoms with E-state index in [1.165, 1.54) is 56.8 Å². The lowest BCUT2D eigenvalue weighted by atomic mass is 9.63. The van der Waals surface area contributed by atoms with Gasteiger partial charge in [0, 0.05) is 38.4 Å². The molecule has 0 atom stereocenters. The van der Waals surface area contributed by atoms with E-state index in [0.717, 1.165) is 49.5 Å². The Morgan fingerprint density at radius 3 is 1.66 bits per heavy atom. The largest absolute Gasteiger partial charge is 0.309 e. The summed E-state index contributed by atoms with van der Waals surface area (Å²) in [5.74, 6) is 1.84. The van der Waals surface area contributed by atoms with E-state index in [1.807, 2.05) is 18.2 Å². The van der Waals surface area contributed by atoms with E-state index in [4.69, 9.17) is 15.0 Å². The zero-order valence-electron chi connectivity index (χ0n) is 35.4. The van der Waals surface area contributed by atoms with Gasteiger partial charge in [0.25, 0.3) is 0 Å². The molecule has 0 radical (unpaired) electrons. The van der Waals surface area contributed by atoms with Gasteiger partial charge in [0.2, 0.25) is 5.95 Å². The van der Waals surface area contributed by atoms with Crippen LogP contribution in [0.1, 0.15) is 51.7 Å². The highest BCUT2D eigenvalue weighted by molar-refractivity contribution is 6.19. The molecule has 12 rings (SSSR count). The van der Waals surface area contributed by atoms with Crippen LogP contribution in [0.3, 0.4) is 0 Å². The molecular weight excluding hydrogens is 755 g/mol. The zero-order chi connectivity index (χ0) is 41.7. The Balaban J connectivity index is 1.06. The first-order valence-electron chi connectivity index (χ1n) is 21.7. The summed E-state index contributed by atoms with van der Waals surface area (Å²) >= 11 is 0. The number of hydrogen-bond donors (Lipinski definition) is 0. The topological polar surface area (TPSA) is 48.5 Å². The van der Waals surface area contributed by atoms with Gasteiger partial charge in [-0.05, 0) is 99.2 Å². The monoisotopic (exact) mass is 799 g/mol. The van der Waals surface area contributed by atoms with Crippen molar-refractivity contribution in [1.82, 2.24) is 24.1 Å². The molecule has 3 heterocycles. The summed E-state index contributed by atoms with van der Waals surface area (Å²) in [7, 11) is 0. The number of aromatic nitrogens is 5. The van der Waals surface area contributed by atoms with Gasteiger partial charge >= 0.3 is 0 Å². The average Bonchev–Trinajstić information content (AvgIpc) is 3.81. The Kier molecular flexibility index (Phi) is 7.98. The molecule has 11 aromatic rings. The molecule has 5 heteroatoms. The van der Waals surface area contributed by atoms with E-state index < -0.39 is 0 Å². The van der Waals surface area contributed by atoms with Crippen LogP contribution in [0.4, 0.5) is 0 Å². The van der Waals surface area contributed by atoms with Crippen molar-refractivity contribution in [3.8, 4) is 45.5 Å². The maximum atomic E-state index is 5.30. The summed E-state index contributed by atoms with van der Waals surface area (Å²) in [5.41, 5.74) is 13.2. The van der Waals surface area contributed by atoms with Gasteiger partial charge in [0.15, 0.2) is 11.6 Å². The van der Waals surface area contributed by atoms with Gasteiger partial charge < -0.3 is 4.57 Å². The minimum absolute atomic E-state index is 0.153. The second kappa shape index (κ2) is 13.6. The average molecular weight is 800 g/mol. The van der Waals surface area contributed by atoms with E-state index in [2.05, 4.69) is 195 Å². The van der Waals surface area contributed by atoms with E-state index in [1.54, 1.807) is 0 Å². The number of rotatable bonds is 5. The first-order chi connectivity index (χ1) is 30.2. The third-order valence-electron chi connectivity index (χ3n) is 13.6. The van der Waals surface area contributed by atoms with Gasteiger partial charge in [-0.15, -0.1) is 0 Å². The van der Waals surface area contributed by atoms with Crippen LogP contribution in [0, 0.1) is 0 Å². The van der Waals surface area contributed by atoms with Crippen LogP contribution in [0.5, 0.6) is 0 Å². The molecule has 8 aromatic carbocycles. The van der Waals surface area contributed by atoms with Crippen molar-refractivity contribution in [3.05, 3.63) is 187 Å². The lowest BCUT2D eigenvalue weighted by Crippen LogP contribution is -2.33. The molecule has 0 fully saturated rings. The number of hydrogen-bond acceptors (Lipinski definition) is 3. The van der Waals surface area contributed by atoms with Crippen LogP contribution in [-0.4, -0.2) is 24.1 Å². The fourth-order valence-electron chi connectivity index (χ4n) is 10.1. The van der Waals surface area contributed by atoms with Crippen molar-refractivity contribution in [2.24, 2.45) is 0 Å². The standard InChI is InChI=1S/C57H45N5/c1-56(2)30-31-57(3,4)48-33-40(26-29-47(48)56)37-24-27-42(28-25-37)61-49-20-12-10-18-43(49)45-34-46-44-19-11-13-21-50(44)62(52(46)35-51(45)61)55-59-53(38-15-6-5-7-16-38)58-54(60-55)41-23-22-36-14-8-9-17-39(36)32-41/h5-29,32-35H,30-31H2,1-4H3. The van der Waals surface area contributed by atoms with Crippen molar-refractivity contribution in [1.29, 1.82) is 0 Å². The molecule has 298 valence electrons. The maximum absolute atomic E-state index is 5.30. The van der Waals surface area contributed by atoms with Crippen LogP contribution in [0.2, 0.25) is 0 Å². The van der Waals surface area contributed by atoms with E-state index in [-0.39, 0.29) is 10.8 Å². The minimum Gasteiger partial charge on any atom is -0.309 e. The van der Waals surface area contributed by atoms with Crippen molar-refractivity contribution in [2.45, 2.75) is 51.4 Å². The fourth-order valence-corrected chi connectivity index (χ4v) is 10.1. The van der Waals surface area contributed by atoms with Gasteiger partial charge in [-0.3, -0.25) is 4.57 Å². The Labute approximate surface area is 361 Å². The highest BCUT2D eigenvalue weighted by Crippen LogP contribution is 2.47. The molecule has 0 amide bonds. The van der Waals surface area contributed by atoms with Crippen LogP contribution >= 0.6 is 0 Å². The minimum atomic E-state index is 0.153. The molecule has 0 bridgehead atoms. The third kappa shape index (κ3) is 5.72. The fraction of sp³-hybridized carbons (Fsp3) is 0.140. The van der Waals surface area contributed by atoms with Gasteiger partial charge in [-0.2, -0.15) is 9.97 Å². The predicted molar refractivity (Wildman–Crippen MR) is 258 cm³/mol. The summed E-state index contributed by atoms with van der Waals surface area (Å²) in [6.07, 6.45) is 2.41. The quantitative estimate of drug-likeness (QED) is 0.174. The smallest absolute Gasteiger partial charge is 0.238 e. The van der Waals surface area contributed by atoms with Crippen LogP contribution in [0.15, 0.2) is 176 Å². The first-order valence-corrected chi connectivity index (χ1v) is 21.7. The number of benzene rings is 8. The molecule has 0 unspecified atom stereocenters. The molecule has 0 saturated heterocycles. The number of nitrogens with zero attached hydrogens (tertiary/aromatic N) is 5. The molecule has 5 nitrogen and oxygen atoms in total. The molecule has 0 aliphatic heterocycles. The highest BCUT2D eigenvalue weighted by Gasteiger charge is 2.37. The predicted octanol–water partition coefficient (Wildman–Crippen LogP) is 14.6. The van der Waals surface area contributed by atoms with Crippen molar-refractivity contribution >= 4 is 54.4 Å². The molecule has 0 spiro atoms. The van der Waals surface area contributed by atoms with Crippen LogP contribution in [-0.2, 0) is 10.8 Å². The summed E-state index contributed by atoms with van der Waals surface area (Å²) < 4.78 is 4.64. The highest BCUT2D eigenvalue weighted by atomic mass is 15.2. The number of para-hydroxylation sites is 2. The summed E-state index contributed by atoms with van der Waals surface area (Å²) in [6.45, 7) is 9.59. The maximum Gasteiger partial charge on any atom is 0.238 e. The Morgan fingerprint density at radius 1 is 0.371 bits per heavy atom. The van der Waals surface area contributed by atoms with Crippen LogP contribution < -0.4 is 0 Å². The normalized spacial score (nSPS) is 14.6. The second-order valence-corrected chi connectivity index (χ2v) is 18.4. The molecule has 0 N–H and O–H groups in total. The molecular formula is C57H45N5. The van der Waals surface area contributed by atoms with Gasteiger partial charge in [0.05, 0.1) is 22.1 Å².